The predicted octanol–water partition coefficient (Wildman–Crippen LogP) is -2.32. The molecule has 0 aromatic carbocycles. The van der Waals surface area contributed by atoms with E-state index in [4.69, 9.17) is 9.90 Å². The second-order valence-electron chi connectivity index (χ2n) is 1.16. The van der Waals surface area contributed by atoms with E-state index in [1.165, 1.54) is 6.92 Å². The average molecular weight is 195 g/mol. The van der Waals surface area contributed by atoms with Crippen LogP contribution in [0.2, 0.25) is 0 Å². The minimum Gasteiger partial charge on any atom is -0.554 e. The summed E-state index contributed by atoms with van der Waals surface area (Å²) in [5, 5.41) is 17.7. The Morgan fingerprint density at radius 2 is 1.70 bits per heavy atom. The van der Waals surface area contributed by atoms with Crippen molar-refractivity contribution in [3.8, 4) is 0 Å². The van der Waals surface area contributed by atoms with Gasteiger partial charge in [0.25, 0.3) is 0 Å². The Morgan fingerprint density at radius 3 is 1.70 bits per heavy atom. The van der Waals surface area contributed by atoms with Crippen LogP contribution in [0.3, 0.4) is 0 Å². The van der Waals surface area contributed by atoms with Crippen molar-refractivity contribution < 1.29 is 39.3 Å². The fourth-order valence-corrected chi connectivity index (χ4v) is 0. The molecule has 4 nitrogen and oxygen atoms in total. The Morgan fingerprint density at radius 1 is 1.60 bits per heavy atom. The Hall–Kier alpha value is -0.697. The number of carboxylic acids is 1. The van der Waals surface area contributed by atoms with Crippen LogP contribution in [-0.4, -0.2) is 12.4 Å². The molecule has 0 spiro atoms. The van der Waals surface area contributed by atoms with E-state index in [1.54, 1.807) is 0 Å². The maximum atomic E-state index is 9.49. The molecule has 0 aliphatic carbocycles. The number of carbonyl (C=O) groups is 2. The van der Waals surface area contributed by atoms with Gasteiger partial charge in [-0.1, -0.05) is 6.58 Å². The molecule has 5 heteroatoms. The first-order valence-electron chi connectivity index (χ1n) is 1.98. The van der Waals surface area contributed by atoms with Crippen LogP contribution in [0.15, 0.2) is 12.2 Å². The molecule has 52 valence electrons. The van der Waals surface area contributed by atoms with E-state index in [9.17, 15) is 9.90 Å². The first-order valence-corrected chi connectivity index (χ1v) is 1.98. The van der Waals surface area contributed by atoms with Gasteiger partial charge in [-0.15, -0.1) is 0 Å². The second-order valence-corrected chi connectivity index (χ2v) is 1.16. The van der Waals surface area contributed by atoms with Gasteiger partial charge in [0.2, 0.25) is 0 Å². The molecule has 0 aromatic rings. The Bertz CT molecular complexity index is 109. The molecule has 0 unspecified atom stereocenters. The van der Waals surface area contributed by atoms with Crippen molar-refractivity contribution in [2.45, 2.75) is 6.92 Å². The van der Waals surface area contributed by atoms with E-state index >= 15 is 0 Å². The van der Waals surface area contributed by atoms with Crippen LogP contribution in [0, 0.1) is 0 Å². The van der Waals surface area contributed by atoms with Crippen molar-refractivity contribution >= 4 is 12.4 Å². The number of carbonyl (C=O) groups excluding carboxylic acids is 2. The molecular weight excluding hydrogens is 189 g/mol. The molecule has 0 heterocycles. The van der Waals surface area contributed by atoms with E-state index < -0.39 is 12.4 Å². The molecule has 0 bridgehead atoms. The summed E-state index contributed by atoms with van der Waals surface area (Å²) in [5.41, 5.74) is 0.0648. The summed E-state index contributed by atoms with van der Waals surface area (Å²) in [4.78, 5) is 17.7. The van der Waals surface area contributed by atoms with E-state index in [-0.39, 0.29) is 25.1 Å². The van der Waals surface area contributed by atoms with Gasteiger partial charge in [-0.3, -0.25) is 0 Å². The quantitative estimate of drug-likeness (QED) is 0.267. The summed E-state index contributed by atoms with van der Waals surface area (Å²) in [7, 11) is 0. The van der Waals surface area contributed by atoms with Crippen LogP contribution in [0.4, 0.5) is 0 Å². The van der Waals surface area contributed by atoms with Crippen molar-refractivity contribution in [2.24, 2.45) is 0 Å². The normalized spacial score (nSPS) is 5.70. The first kappa shape index (κ1) is 16.1. The largest absolute Gasteiger partial charge is 2.00 e. The molecule has 0 fully saturated rings. The Labute approximate surface area is 71.3 Å². The van der Waals surface area contributed by atoms with Gasteiger partial charge in [-0.05, 0) is 12.5 Å². The van der Waals surface area contributed by atoms with Crippen LogP contribution in [-0.2, 0) is 29.1 Å². The minimum absolute atomic E-state index is 0. The topological polar surface area (TPSA) is 80.3 Å². The molecular formula is C5H6O4Zn. The van der Waals surface area contributed by atoms with E-state index in [0.29, 0.717) is 0 Å². The molecule has 0 aromatic heterocycles. The van der Waals surface area contributed by atoms with Crippen LogP contribution in [0.5, 0.6) is 0 Å². The van der Waals surface area contributed by atoms with Crippen molar-refractivity contribution in [1.82, 2.24) is 0 Å². The summed E-state index contributed by atoms with van der Waals surface area (Å²) in [6.07, 6.45) is 0. The van der Waals surface area contributed by atoms with Gasteiger partial charge in [0.1, 0.15) is 0 Å². The Balaban J connectivity index is -0.000000107. The zero-order chi connectivity index (χ0) is 7.86. The zero-order valence-electron chi connectivity index (χ0n) is 5.62. The molecule has 0 N–H and O–H groups in total. The van der Waals surface area contributed by atoms with E-state index in [2.05, 4.69) is 6.58 Å². The number of hydrogen-bond donors (Lipinski definition) is 0. The molecule has 10 heavy (non-hydrogen) atoms. The molecule has 0 amide bonds. The zero-order valence-corrected chi connectivity index (χ0v) is 8.59. The standard InChI is InChI=1S/C4H6O2.CH2O2.Zn/c1-3(2)4(5)6;2-1-3;/h1H2,2H3,(H,5,6);1H,(H,2,3);/q;;+2/p-2. The number of aliphatic carboxylic acids is 1. The van der Waals surface area contributed by atoms with Crippen molar-refractivity contribution in [3.05, 3.63) is 12.2 Å². The summed E-state index contributed by atoms with van der Waals surface area (Å²) in [6, 6.07) is 0. The number of hydrogen-bond acceptors (Lipinski definition) is 4. The van der Waals surface area contributed by atoms with Crippen molar-refractivity contribution in [3.63, 3.8) is 0 Å². The number of rotatable bonds is 1. The second kappa shape index (κ2) is 11.1. The third kappa shape index (κ3) is 26.6. The summed E-state index contributed by atoms with van der Waals surface area (Å²) >= 11 is 0. The summed E-state index contributed by atoms with van der Waals surface area (Å²) < 4.78 is 0. The van der Waals surface area contributed by atoms with Gasteiger partial charge in [0.15, 0.2) is 0 Å². The maximum Gasteiger partial charge on any atom is 2.00 e. The fraction of sp³-hybridized carbons (Fsp3) is 0.200. The monoisotopic (exact) mass is 194 g/mol. The van der Waals surface area contributed by atoms with Gasteiger partial charge in [0, 0.05) is 6.47 Å². The van der Waals surface area contributed by atoms with Crippen LogP contribution < -0.4 is 10.2 Å². The molecule has 0 radical (unpaired) electrons. The molecule has 0 saturated carbocycles. The van der Waals surface area contributed by atoms with Gasteiger partial charge >= 0.3 is 19.5 Å². The van der Waals surface area contributed by atoms with E-state index in [1.807, 2.05) is 0 Å². The summed E-state index contributed by atoms with van der Waals surface area (Å²) in [5.74, 6) is -1.19. The predicted molar refractivity (Wildman–Crippen MR) is 25.9 cm³/mol. The molecule has 0 atom stereocenters. The first-order chi connectivity index (χ1) is 4.06. The minimum atomic E-state index is -1.19. The molecule has 0 saturated heterocycles. The maximum absolute atomic E-state index is 9.49. The number of carboxylic acid groups (broad SMARTS) is 2. The third-order valence-corrected chi connectivity index (χ3v) is 0.348. The molecule has 0 aliphatic rings. The van der Waals surface area contributed by atoms with Crippen molar-refractivity contribution in [2.75, 3.05) is 0 Å². The molecule has 0 rings (SSSR count). The smallest absolute Gasteiger partial charge is 0.554 e. The average Bonchev–Trinajstić information content (AvgIpc) is 1.68. The molecule has 0 aliphatic heterocycles. The van der Waals surface area contributed by atoms with Crippen LogP contribution >= 0.6 is 0 Å². The van der Waals surface area contributed by atoms with Gasteiger partial charge in [-0.25, -0.2) is 0 Å². The van der Waals surface area contributed by atoms with Gasteiger partial charge in [-0.2, -0.15) is 0 Å². The van der Waals surface area contributed by atoms with Crippen LogP contribution in [0.1, 0.15) is 6.92 Å². The Kier molecular flexibility index (Phi) is 18.0. The summed E-state index contributed by atoms with van der Waals surface area (Å²) in [6.45, 7) is 3.98. The third-order valence-electron chi connectivity index (χ3n) is 0.348. The van der Waals surface area contributed by atoms with Crippen molar-refractivity contribution in [1.29, 1.82) is 0 Å². The fourth-order valence-electron chi connectivity index (χ4n) is 0. The van der Waals surface area contributed by atoms with Crippen LogP contribution in [0.25, 0.3) is 0 Å². The van der Waals surface area contributed by atoms with Gasteiger partial charge < -0.3 is 19.8 Å². The SMILES string of the molecule is C=C(C)C(=O)[O-].O=C[O-].[Zn+2]. The van der Waals surface area contributed by atoms with E-state index in [0.717, 1.165) is 0 Å². The van der Waals surface area contributed by atoms with Gasteiger partial charge in [0.05, 0.1) is 5.97 Å².